The summed E-state index contributed by atoms with van der Waals surface area (Å²) in [4.78, 5) is 20.0. The highest BCUT2D eigenvalue weighted by atomic mass is 19.1. The van der Waals surface area contributed by atoms with Crippen molar-refractivity contribution in [3.63, 3.8) is 0 Å². The Kier molecular flexibility index (Phi) is 5.70. The zero-order chi connectivity index (χ0) is 24.0. The molecule has 5 rings (SSSR count). The van der Waals surface area contributed by atoms with Crippen LogP contribution in [0.1, 0.15) is 35.5 Å². The summed E-state index contributed by atoms with van der Waals surface area (Å²) < 4.78 is 16.8. The lowest BCUT2D eigenvalue weighted by atomic mass is 9.96. The van der Waals surface area contributed by atoms with Gasteiger partial charge in [0.1, 0.15) is 11.5 Å². The fourth-order valence-electron chi connectivity index (χ4n) is 4.99. The lowest BCUT2D eigenvalue weighted by Crippen LogP contribution is -2.55. The van der Waals surface area contributed by atoms with Gasteiger partial charge < -0.3 is 14.6 Å². The first-order chi connectivity index (χ1) is 16.3. The molecular weight excluding hydrogens is 427 g/mol. The number of carbonyl (C=O) groups excluding carboxylic acids is 1. The molecule has 0 radical (unpaired) electrons. The Bertz CT molecular complexity index is 1380. The number of nitrogens with zero attached hydrogens (tertiary/aromatic N) is 3. The number of amides is 1. The van der Waals surface area contributed by atoms with Crippen LogP contribution in [0.4, 0.5) is 4.39 Å². The van der Waals surface area contributed by atoms with Crippen molar-refractivity contribution in [1.82, 2.24) is 19.6 Å². The predicted molar refractivity (Wildman–Crippen MR) is 133 cm³/mol. The standard InChI is InChI=1S/C28H29FN4O/c1-17-9-10-23(25(29)13-17)22-7-5-6-8-24(22)27-20(4)33-12-11-21(14-26(33)31-27)28(34)32-15-18(2)30-19(3)16-32/h5-14,18-19,30H,15-16H2,1-4H3. The average molecular weight is 457 g/mol. The number of benzene rings is 2. The van der Waals surface area contributed by atoms with Gasteiger partial charge in [-0.05, 0) is 57.0 Å². The van der Waals surface area contributed by atoms with Gasteiger partial charge in [-0.2, -0.15) is 0 Å². The van der Waals surface area contributed by atoms with E-state index < -0.39 is 0 Å². The van der Waals surface area contributed by atoms with Gasteiger partial charge in [0.2, 0.25) is 0 Å². The molecule has 2 atom stereocenters. The van der Waals surface area contributed by atoms with Gasteiger partial charge in [0.15, 0.2) is 0 Å². The van der Waals surface area contributed by atoms with E-state index in [4.69, 9.17) is 4.98 Å². The third-order valence-corrected chi connectivity index (χ3v) is 6.55. The molecule has 3 heterocycles. The molecule has 1 amide bonds. The summed E-state index contributed by atoms with van der Waals surface area (Å²) in [6, 6.07) is 17.3. The first-order valence-corrected chi connectivity index (χ1v) is 11.7. The maximum atomic E-state index is 14.8. The van der Waals surface area contributed by atoms with Crippen molar-refractivity contribution in [2.24, 2.45) is 0 Å². The number of hydrogen-bond donors (Lipinski definition) is 1. The number of piperazine rings is 1. The molecule has 2 aromatic carbocycles. The van der Waals surface area contributed by atoms with Crippen molar-refractivity contribution in [1.29, 1.82) is 0 Å². The molecule has 1 saturated heterocycles. The highest BCUT2D eigenvalue weighted by molar-refractivity contribution is 5.95. The van der Waals surface area contributed by atoms with Crippen LogP contribution >= 0.6 is 0 Å². The molecule has 1 aliphatic heterocycles. The molecule has 34 heavy (non-hydrogen) atoms. The van der Waals surface area contributed by atoms with Gasteiger partial charge in [-0.25, -0.2) is 9.37 Å². The molecule has 1 N–H and O–H groups in total. The first-order valence-electron chi connectivity index (χ1n) is 11.7. The number of fused-ring (bicyclic) bond motifs is 1. The zero-order valence-corrected chi connectivity index (χ0v) is 20.0. The van der Waals surface area contributed by atoms with Crippen molar-refractivity contribution in [3.8, 4) is 22.4 Å². The topological polar surface area (TPSA) is 49.6 Å². The molecule has 0 aliphatic carbocycles. The summed E-state index contributed by atoms with van der Waals surface area (Å²) in [6.07, 6.45) is 1.90. The summed E-state index contributed by atoms with van der Waals surface area (Å²) in [5.41, 5.74) is 6.15. The second-order valence-electron chi connectivity index (χ2n) is 9.40. The molecule has 1 fully saturated rings. The SMILES string of the molecule is Cc1ccc(-c2ccccc2-c2nc3cc(C(=O)N4CC(C)NC(C)C4)ccn3c2C)c(F)c1. The third-order valence-electron chi connectivity index (χ3n) is 6.55. The fourth-order valence-corrected chi connectivity index (χ4v) is 4.99. The molecule has 0 bridgehead atoms. The van der Waals surface area contributed by atoms with Gasteiger partial charge in [-0.15, -0.1) is 0 Å². The second kappa shape index (κ2) is 8.69. The Morgan fingerprint density at radius 3 is 2.38 bits per heavy atom. The summed E-state index contributed by atoms with van der Waals surface area (Å²) in [5.74, 6) is -0.228. The van der Waals surface area contributed by atoms with E-state index >= 15 is 0 Å². The summed E-state index contributed by atoms with van der Waals surface area (Å²) >= 11 is 0. The van der Waals surface area contributed by atoms with E-state index in [1.165, 1.54) is 0 Å². The molecule has 6 heteroatoms. The van der Waals surface area contributed by atoms with Crippen LogP contribution in [0.3, 0.4) is 0 Å². The molecule has 0 spiro atoms. The number of aromatic nitrogens is 2. The van der Waals surface area contributed by atoms with Gasteiger partial charge in [0.05, 0.1) is 5.69 Å². The summed E-state index contributed by atoms with van der Waals surface area (Å²) in [5, 5.41) is 3.46. The number of imidazole rings is 1. The molecule has 1 aliphatic rings. The van der Waals surface area contributed by atoms with Crippen LogP contribution in [0, 0.1) is 19.7 Å². The van der Waals surface area contributed by atoms with Crippen LogP contribution in [0.5, 0.6) is 0 Å². The number of halogens is 1. The second-order valence-corrected chi connectivity index (χ2v) is 9.40. The van der Waals surface area contributed by atoms with Crippen molar-refractivity contribution in [3.05, 3.63) is 83.4 Å². The Hall–Kier alpha value is -3.51. The van der Waals surface area contributed by atoms with E-state index in [2.05, 4.69) is 19.2 Å². The summed E-state index contributed by atoms with van der Waals surface area (Å²) in [6.45, 7) is 9.44. The summed E-state index contributed by atoms with van der Waals surface area (Å²) in [7, 11) is 0. The minimum absolute atomic E-state index is 0.0204. The Balaban J connectivity index is 1.56. The van der Waals surface area contributed by atoms with E-state index in [1.807, 2.05) is 77.9 Å². The number of nitrogens with one attached hydrogen (secondary N) is 1. The van der Waals surface area contributed by atoms with Crippen LogP contribution in [0.25, 0.3) is 28.0 Å². The lowest BCUT2D eigenvalue weighted by Gasteiger charge is -2.36. The first kappa shape index (κ1) is 22.3. The number of aryl methyl sites for hydroxylation is 2. The number of hydrogen-bond acceptors (Lipinski definition) is 3. The molecule has 2 unspecified atom stereocenters. The fraction of sp³-hybridized carbons (Fsp3) is 0.286. The largest absolute Gasteiger partial charge is 0.336 e. The quantitative estimate of drug-likeness (QED) is 0.458. The maximum absolute atomic E-state index is 14.8. The van der Waals surface area contributed by atoms with Crippen molar-refractivity contribution < 1.29 is 9.18 Å². The normalized spacial score (nSPS) is 18.4. The van der Waals surface area contributed by atoms with Crippen molar-refractivity contribution >= 4 is 11.6 Å². The van der Waals surface area contributed by atoms with Crippen LogP contribution < -0.4 is 5.32 Å². The molecule has 5 nitrogen and oxygen atoms in total. The Labute approximate surface area is 199 Å². The maximum Gasteiger partial charge on any atom is 0.254 e. The number of pyridine rings is 1. The van der Waals surface area contributed by atoms with Crippen LogP contribution in [-0.2, 0) is 0 Å². The third kappa shape index (κ3) is 3.99. The zero-order valence-electron chi connectivity index (χ0n) is 20.0. The monoisotopic (exact) mass is 456 g/mol. The Morgan fingerprint density at radius 2 is 1.68 bits per heavy atom. The molecule has 0 saturated carbocycles. The number of rotatable bonds is 3. The van der Waals surface area contributed by atoms with Crippen LogP contribution in [-0.4, -0.2) is 45.4 Å². The molecular formula is C28H29FN4O. The van der Waals surface area contributed by atoms with E-state index in [-0.39, 0.29) is 23.8 Å². The lowest BCUT2D eigenvalue weighted by molar-refractivity contribution is 0.0674. The predicted octanol–water partition coefficient (Wildman–Crippen LogP) is 5.25. The van der Waals surface area contributed by atoms with Crippen molar-refractivity contribution in [2.45, 2.75) is 39.8 Å². The minimum atomic E-state index is -0.249. The van der Waals surface area contributed by atoms with Gasteiger partial charge in [-0.1, -0.05) is 36.4 Å². The molecule has 2 aromatic heterocycles. The minimum Gasteiger partial charge on any atom is -0.336 e. The van der Waals surface area contributed by atoms with Crippen molar-refractivity contribution in [2.75, 3.05) is 13.1 Å². The highest BCUT2D eigenvalue weighted by Gasteiger charge is 2.26. The van der Waals surface area contributed by atoms with E-state index in [9.17, 15) is 9.18 Å². The van der Waals surface area contributed by atoms with Crippen LogP contribution in [0.2, 0.25) is 0 Å². The van der Waals surface area contributed by atoms with Gasteiger partial charge in [-0.3, -0.25) is 4.79 Å². The van der Waals surface area contributed by atoms with E-state index in [1.54, 1.807) is 6.07 Å². The number of carbonyl (C=O) groups is 1. The van der Waals surface area contributed by atoms with Gasteiger partial charge in [0, 0.05) is 53.8 Å². The highest BCUT2D eigenvalue weighted by Crippen LogP contribution is 2.35. The smallest absolute Gasteiger partial charge is 0.254 e. The average Bonchev–Trinajstić information content (AvgIpc) is 3.13. The van der Waals surface area contributed by atoms with Gasteiger partial charge >= 0.3 is 0 Å². The van der Waals surface area contributed by atoms with Crippen LogP contribution in [0.15, 0.2) is 60.8 Å². The molecule has 4 aromatic rings. The van der Waals surface area contributed by atoms with E-state index in [0.717, 1.165) is 28.1 Å². The van der Waals surface area contributed by atoms with Gasteiger partial charge in [0.25, 0.3) is 5.91 Å². The Morgan fingerprint density at radius 1 is 0.971 bits per heavy atom. The van der Waals surface area contributed by atoms with E-state index in [0.29, 0.717) is 29.9 Å². The molecule has 174 valence electrons.